The van der Waals surface area contributed by atoms with Crippen LogP contribution in [0.4, 0.5) is 0 Å². The molecule has 44 heavy (non-hydrogen) atoms. The van der Waals surface area contributed by atoms with Gasteiger partial charge in [-0.05, 0) is 0 Å². The molecule has 1 aliphatic heterocycles. The summed E-state index contributed by atoms with van der Waals surface area (Å²) in [6.07, 6.45) is -16.4. The molecule has 1 heterocycles. The molecule has 1 rings (SSSR count). The Morgan fingerprint density at radius 1 is 0.682 bits per heavy atom. The third-order valence-corrected chi connectivity index (χ3v) is 5.42. The van der Waals surface area contributed by atoms with Crippen molar-refractivity contribution in [2.45, 2.75) is 67.3 Å². The van der Waals surface area contributed by atoms with Crippen molar-refractivity contribution in [1.29, 1.82) is 0 Å². The van der Waals surface area contributed by atoms with Crippen molar-refractivity contribution in [1.82, 2.24) is 0 Å². The molecule has 4 unspecified atom stereocenters. The van der Waals surface area contributed by atoms with Gasteiger partial charge in [-0.1, -0.05) is 0 Å². The van der Waals surface area contributed by atoms with Gasteiger partial charge in [0.15, 0.2) is 17.9 Å². The summed E-state index contributed by atoms with van der Waals surface area (Å²) in [6.45, 7) is -4.85. The van der Waals surface area contributed by atoms with Crippen LogP contribution < -0.4 is 0 Å². The van der Waals surface area contributed by atoms with Crippen LogP contribution in [0.3, 0.4) is 0 Å². The number of ketones is 2. The molecule has 11 atom stereocenters. The highest BCUT2D eigenvalue weighted by atomic mass is 31.2. The maximum atomic E-state index is 10.6. The minimum absolute atomic E-state index is 0.153. The molecule has 0 aliphatic carbocycles. The van der Waals surface area contributed by atoms with Crippen LogP contribution in [0.1, 0.15) is 0 Å². The van der Waals surface area contributed by atoms with E-state index in [1.165, 1.54) is 0 Å². The average Bonchev–Trinajstić information content (AvgIpc) is 3.01. The van der Waals surface area contributed by atoms with Gasteiger partial charge in [-0.15, -0.1) is 0 Å². The molecule has 24 heteroatoms. The van der Waals surface area contributed by atoms with Crippen LogP contribution in [0.2, 0.25) is 0 Å². The van der Waals surface area contributed by atoms with Crippen molar-refractivity contribution >= 4 is 19.4 Å². The molecule has 0 saturated carbocycles. The average molecular weight is 683 g/mol. The molecule has 18 N–H and O–H groups in total. The summed E-state index contributed by atoms with van der Waals surface area (Å²) in [4.78, 5) is 37.3. The van der Waals surface area contributed by atoms with Gasteiger partial charge in [0.05, 0.1) is 33.0 Å². The lowest BCUT2D eigenvalue weighted by Crippen LogP contribution is -2.52. The van der Waals surface area contributed by atoms with E-state index in [1.807, 2.05) is 0 Å². The fourth-order valence-corrected chi connectivity index (χ4v) is 2.59. The predicted molar refractivity (Wildman–Crippen MR) is 135 cm³/mol. The van der Waals surface area contributed by atoms with Gasteiger partial charge < -0.3 is 96.2 Å². The van der Waals surface area contributed by atoms with E-state index in [0.29, 0.717) is 0 Å². The second-order valence-electron chi connectivity index (χ2n) is 8.51. The van der Waals surface area contributed by atoms with Gasteiger partial charge in [-0.25, -0.2) is 4.57 Å². The van der Waals surface area contributed by atoms with Crippen molar-refractivity contribution in [3.05, 3.63) is 0 Å². The molecule has 0 aromatic heterocycles. The standard InChI is InChI=1S/C5H11O8P.C5H10O5.C5H12O5.C5H10O5/c6-1-3(7)5(9)4(8)2-13-14(10,11)12;6-2-1-10-5(9)4(8)3(2)7;2*6-1-3(8)5(10)4(9)2-7/h4-6,8-9H,1-2H2,(H2,10,11,12);2-9H,1H2;3-10H,1-2H2;3,5-8,10H,1-2H2/t4-,5-;2-,3+,4-,5?;3-,4+,5?;/m11../s1. The molecule has 0 radical (unpaired) electrons. The monoisotopic (exact) mass is 682 g/mol. The van der Waals surface area contributed by atoms with Crippen molar-refractivity contribution in [3.63, 3.8) is 0 Å². The quantitative estimate of drug-likeness (QED) is 0.0756. The van der Waals surface area contributed by atoms with Crippen molar-refractivity contribution in [3.8, 4) is 0 Å². The normalized spacial score (nSPS) is 24.7. The number of rotatable bonds is 14. The van der Waals surface area contributed by atoms with Crippen LogP contribution in [0, 0.1) is 0 Å². The van der Waals surface area contributed by atoms with E-state index in [9.17, 15) is 14.2 Å². The number of aliphatic hydroxyl groups excluding tert-OH is 16. The van der Waals surface area contributed by atoms with Crippen molar-refractivity contribution in [2.75, 3.05) is 46.2 Å². The van der Waals surface area contributed by atoms with Crippen LogP contribution in [-0.2, 0) is 23.4 Å². The van der Waals surface area contributed by atoms with Gasteiger partial charge in [0, 0.05) is 0 Å². The van der Waals surface area contributed by atoms with Crippen LogP contribution >= 0.6 is 7.82 Å². The molecule has 0 bridgehead atoms. The van der Waals surface area contributed by atoms with Gasteiger partial charge in [0.1, 0.15) is 74.3 Å². The maximum absolute atomic E-state index is 10.6. The molecule has 0 aromatic carbocycles. The summed E-state index contributed by atoms with van der Waals surface area (Å²) in [5, 5.41) is 138. The second kappa shape index (κ2) is 24.9. The first kappa shape index (κ1) is 47.2. The Morgan fingerprint density at radius 2 is 1.07 bits per heavy atom. The molecule has 1 saturated heterocycles. The number of ether oxygens (including phenoxy) is 1. The van der Waals surface area contributed by atoms with Crippen LogP contribution in [0.15, 0.2) is 0 Å². The molecule has 1 aliphatic rings. The molecule has 0 spiro atoms. The van der Waals surface area contributed by atoms with Gasteiger partial charge in [-0.3, -0.25) is 14.1 Å². The van der Waals surface area contributed by atoms with E-state index in [4.69, 9.17) is 91.5 Å². The Labute approximate surface area is 248 Å². The van der Waals surface area contributed by atoms with Gasteiger partial charge in [0.2, 0.25) is 0 Å². The van der Waals surface area contributed by atoms with Gasteiger partial charge >= 0.3 is 7.82 Å². The maximum Gasteiger partial charge on any atom is 0.469 e. The molecule has 23 nitrogen and oxygen atoms in total. The van der Waals surface area contributed by atoms with E-state index < -0.39 is 126 Å². The second-order valence-corrected chi connectivity index (χ2v) is 9.74. The van der Waals surface area contributed by atoms with Crippen molar-refractivity contribution in [2.24, 2.45) is 0 Å². The van der Waals surface area contributed by atoms with Crippen LogP contribution in [0.25, 0.3) is 0 Å². The van der Waals surface area contributed by atoms with Gasteiger partial charge in [-0.2, -0.15) is 0 Å². The molecular weight excluding hydrogens is 639 g/mol. The summed E-state index contributed by atoms with van der Waals surface area (Å²) in [5.74, 6) is -1.96. The molecule has 0 aromatic rings. The lowest BCUT2D eigenvalue weighted by atomic mass is 10.1. The number of Topliss-reactive ketones (excluding diaryl/α,β-unsaturated/α-hetero) is 2. The molecule has 0 amide bonds. The Bertz CT molecular complexity index is 766. The van der Waals surface area contributed by atoms with E-state index in [-0.39, 0.29) is 6.61 Å². The number of aliphatic hydroxyl groups is 16. The van der Waals surface area contributed by atoms with E-state index >= 15 is 0 Å². The topological polar surface area (TPSA) is 434 Å². The fraction of sp³-hybridized carbons (Fsp3) is 0.900. The van der Waals surface area contributed by atoms with E-state index in [1.54, 1.807) is 0 Å². The summed E-state index contributed by atoms with van der Waals surface area (Å²) >= 11 is 0. The highest BCUT2D eigenvalue weighted by Gasteiger charge is 2.36. The number of phosphoric acid groups is 1. The van der Waals surface area contributed by atoms with Crippen LogP contribution in [-0.4, -0.2) is 217 Å². The predicted octanol–water partition coefficient (Wildman–Crippen LogP) is -10.9. The largest absolute Gasteiger partial charge is 0.469 e. The SMILES string of the molecule is O=C(CO)C(O)C(O)CO.O=C(CO)[C@@H](O)[C@H](O)COP(=O)(O)O.OC1OC[C@@H](O)[C@H](O)[C@H]1O.OC[C@@H](O)C(O)[C@@H](O)CO. The molecule has 1 fully saturated rings. The number of hydrogen-bond donors (Lipinski definition) is 18. The smallest absolute Gasteiger partial charge is 0.394 e. The van der Waals surface area contributed by atoms with Gasteiger partial charge in [0.25, 0.3) is 0 Å². The number of hydrogen-bond acceptors (Lipinski definition) is 21. The van der Waals surface area contributed by atoms with Crippen LogP contribution in [0.5, 0.6) is 0 Å². The number of phosphoric ester groups is 1. The first-order chi connectivity index (χ1) is 20.2. The zero-order valence-electron chi connectivity index (χ0n) is 22.8. The minimum atomic E-state index is -4.74. The third-order valence-electron chi connectivity index (χ3n) is 4.94. The van der Waals surface area contributed by atoms with Crippen molar-refractivity contribution < 1.29 is 115 Å². The summed E-state index contributed by atoms with van der Waals surface area (Å²) in [6, 6.07) is 0. The Balaban J connectivity index is -0.000000515. The summed E-state index contributed by atoms with van der Waals surface area (Å²) in [5.41, 5.74) is 0. The Kier molecular flexibility index (Phi) is 26.7. The Morgan fingerprint density at radius 3 is 1.39 bits per heavy atom. The molecule has 266 valence electrons. The summed E-state index contributed by atoms with van der Waals surface area (Å²) in [7, 11) is -4.74. The highest BCUT2D eigenvalue weighted by Crippen LogP contribution is 2.35. The lowest BCUT2D eigenvalue weighted by Gasteiger charge is -2.31. The zero-order valence-corrected chi connectivity index (χ0v) is 23.7. The fourth-order valence-electron chi connectivity index (χ4n) is 2.24. The number of carbonyl (C=O) groups excluding carboxylic acids is 2. The first-order valence-corrected chi connectivity index (χ1v) is 13.6. The minimum Gasteiger partial charge on any atom is -0.394 e. The van der Waals surface area contributed by atoms with E-state index in [2.05, 4.69) is 9.26 Å². The summed E-state index contributed by atoms with van der Waals surface area (Å²) < 4.78 is 18.4. The zero-order chi connectivity index (χ0) is 35.4. The highest BCUT2D eigenvalue weighted by molar-refractivity contribution is 7.46. The first-order valence-electron chi connectivity index (χ1n) is 12.1. The van der Waals surface area contributed by atoms with E-state index in [0.717, 1.165) is 0 Å². The molecular formula is C20H43O23P. The Hall–Kier alpha value is -1.23. The lowest BCUT2D eigenvalue weighted by molar-refractivity contribution is -0.252. The third kappa shape index (κ3) is 20.7. The number of carbonyl (C=O) groups is 2.